The molecule has 3 unspecified atom stereocenters. The van der Waals surface area contributed by atoms with Crippen LogP contribution in [0.5, 0.6) is 0 Å². The molecule has 3 aromatic rings. The van der Waals surface area contributed by atoms with Crippen LogP contribution in [0.2, 0.25) is 0 Å². The van der Waals surface area contributed by atoms with Gasteiger partial charge in [0, 0.05) is 6.04 Å². The number of benzene rings is 3. The molecule has 0 saturated carbocycles. The van der Waals surface area contributed by atoms with Gasteiger partial charge >= 0.3 is 0 Å². The molecule has 0 radical (unpaired) electrons. The average Bonchev–Trinajstić information content (AvgIpc) is 2.69. The van der Waals surface area contributed by atoms with Crippen LogP contribution in [0, 0.1) is 0 Å². The zero-order valence-corrected chi connectivity index (χ0v) is 16.1. The highest BCUT2D eigenvalue weighted by Gasteiger charge is 2.27. The molecule has 0 spiro atoms. The Morgan fingerprint density at radius 1 is 0.680 bits per heavy atom. The summed E-state index contributed by atoms with van der Waals surface area (Å²) in [4.78, 5) is 0. The topological polar surface area (TPSA) is 24.1 Å². The Morgan fingerprint density at radius 3 is 2.08 bits per heavy atom. The first kappa shape index (κ1) is 16.8. The predicted octanol–water partition coefficient (Wildman–Crippen LogP) is 5.44. The standard InChI is InChI=1S/C22H21IN2/c23-21-15-20(17-10-5-2-6-11-17)24-22(25-21)19-13-7-12-18(14-19)16-8-3-1-4-9-16/h1-14,20-22,24-25H,15H2. The van der Waals surface area contributed by atoms with Gasteiger partial charge in [0.05, 0.1) is 10.2 Å². The fraction of sp³-hybridized carbons (Fsp3) is 0.182. The molecule has 3 heteroatoms. The Labute approximate surface area is 162 Å². The van der Waals surface area contributed by atoms with Gasteiger partial charge in [0.15, 0.2) is 0 Å². The van der Waals surface area contributed by atoms with E-state index in [1.165, 1.54) is 22.3 Å². The summed E-state index contributed by atoms with van der Waals surface area (Å²) in [5, 5.41) is 7.47. The fourth-order valence-electron chi connectivity index (χ4n) is 3.41. The SMILES string of the molecule is IC1CC(c2ccccc2)NC(c2cccc(-c3ccccc3)c2)N1. The molecular formula is C22H21IN2. The minimum atomic E-state index is 0.157. The van der Waals surface area contributed by atoms with E-state index in [9.17, 15) is 0 Å². The minimum Gasteiger partial charge on any atom is -0.291 e. The molecule has 1 saturated heterocycles. The van der Waals surface area contributed by atoms with Crippen molar-refractivity contribution in [2.75, 3.05) is 0 Å². The number of rotatable bonds is 3. The number of halogens is 1. The molecule has 1 heterocycles. The van der Waals surface area contributed by atoms with Gasteiger partial charge in [-0.15, -0.1) is 0 Å². The summed E-state index contributed by atoms with van der Waals surface area (Å²) in [5.74, 6) is 0. The second-order valence-corrected chi connectivity index (χ2v) is 7.93. The highest BCUT2D eigenvalue weighted by molar-refractivity contribution is 14.1. The maximum atomic E-state index is 3.78. The normalized spacial score (nSPS) is 23.3. The van der Waals surface area contributed by atoms with Crippen LogP contribution >= 0.6 is 22.6 Å². The molecule has 1 aliphatic heterocycles. The monoisotopic (exact) mass is 440 g/mol. The molecule has 1 fully saturated rings. The molecule has 0 amide bonds. The van der Waals surface area contributed by atoms with E-state index < -0.39 is 0 Å². The summed E-state index contributed by atoms with van der Waals surface area (Å²) in [6.45, 7) is 0. The van der Waals surface area contributed by atoms with Crippen LogP contribution in [0.1, 0.15) is 29.8 Å². The van der Waals surface area contributed by atoms with Crippen molar-refractivity contribution in [1.82, 2.24) is 10.6 Å². The van der Waals surface area contributed by atoms with E-state index in [1.807, 2.05) is 0 Å². The summed E-state index contributed by atoms with van der Waals surface area (Å²) < 4.78 is 0.439. The van der Waals surface area contributed by atoms with Crippen LogP contribution in [-0.2, 0) is 0 Å². The quantitative estimate of drug-likeness (QED) is 0.322. The van der Waals surface area contributed by atoms with E-state index in [-0.39, 0.29) is 6.17 Å². The van der Waals surface area contributed by atoms with Gasteiger partial charge in [0.2, 0.25) is 0 Å². The van der Waals surface area contributed by atoms with E-state index in [4.69, 9.17) is 0 Å². The zero-order valence-electron chi connectivity index (χ0n) is 13.9. The van der Waals surface area contributed by atoms with Gasteiger partial charge in [-0.05, 0) is 34.7 Å². The summed E-state index contributed by atoms with van der Waals surface area (Å²) in [7, 11) is 0. The molecule has 3 aromatic carbocycles. The third-order valence-electron chi connectivity index (χ3n) is 4.69. The molecule has 3 atom stereocenters. The van der Waals surface area contributed by atoms with Gasteiger partial charge in [-0.3, -0.25) is 10.6 Å². The molecular weight excluding hydrogens is 419 g/mol. The van der Waals surface area contributed by atoms with Crippen molar-refractivity contribution in [2.45, 2.75) is 22.7 Å². The van der Waals surface area contributed by atoms with Gasteiger partial charge < -0.3 is 0 Å². The molecule has 2 nitrogen and oxygen atoms in total. The zero-order chi connectivity index (χ0) is 17.1. The smallest absolute Gasteiger partial charge is 0.0848 e. The number of alkyl halides is 1. The molecule has 4 rings (SSSR count). The van der Waals surface area contributed by atoms with Gasteiger partial charge in [-0.25, -0.2) is 0 Å². The fourth-order valence-corrected chi connectivity index (χ4v) is 4.28. The van der Waals surface area contributed by atoms with E-state index in [0.29, 0.717) is 10.1 Å². The molecule has 0 aromatic heterocycles. The van der Waals surface area contributed by atoms with Crippen molar-refractivity contribution < 1.29 is 0 Å². The molecule has 0 aliphatic carbocycles. The number of nitrogens with one attached hydrogen (secondary N) is 2. The molecule has 1 aliphatic rings. The van der Waals surface area contributed by atoms with E-state index >= 15 is 0 Å². The second-order valence-electron chi connectivity index (χ2n) is 6.42. The largest absolute Gasteiger partial charge is 0.291 e. The molecule has 0 bridgehead atoms. The lowest BCUT2D eigenvalue weighted by Crippen LogP contribution is -2.46. The molecule has 126 valence electrons. The maximum absolute atomic E-state index is 3.78. The number of hydrogen-bond acceptors (Lipinski definition) is 2. The first-order chi connectivity index (χ1) is 12.3. The number of hydrogen-bond donors (Lipinski definition) is 2. The van der Waals surface area contributed by atoms with E-state index in [1.54, 1.807) is 0 Å². The van der Waals surface area contributed by atoms with Crippen LogP contribution < -0.4 is 10.6 Å². The Bertz CT molecular complexity index is 820. The van der Waals surface area contributed by atoms with Crippen LogP contribution in [0.25, 0.3) is 11.1 Å². The van der Waals surface area contributed by atoms with Crippen LogP contribution in [0.15, 0.2) is 84.9 Å². The highest BCUT2D eigenvalue weighted by Crippen LogP contribution is 2.31. The Hall–Kier alpha value is -1.69. The van der Waals surface area contributed by atoms with Crippen molar-refractivity contribution in [2.24, 2.45) is 0 Å². The van der Waals surface area contributed by atoms with Crippen LogP contribution in [0.4, 0.5) is 0 Å². The Balaban J connectivity index is 1.61. The lowest BCUT2D eigenvalue weighted by atomic mass is 9.97. The third-order valence-corrected chi connectivity index (χ3v) is 5.56. The molecule has 2 N–H and O–H groups in total. The Kier molecular flexibility index (Phi) is 5.15. The first-order valence-electron chi connectivity index (χ1n) is 8.66. The highest BCUT2D eigenvalue weighted by atomic mass is 127. The van der Waals surface area contributed by atoms with Gasteiger partial charge in [0.1, 0.15) is 0 Å². The maximum Gasteiger partial charge on any atom is 0.0848 e. The average molecular weight is 440 g/mol. The van der Waals surface area contributed by atoms with Gasteiger partial charge in [-0.1, -0.05) is 101 Å². The summed E-state index contributed by atoms with van der Waals surface area (Å²) >= 11 is 2.51. The van der Waals surface area contributed by atoms with Crippen molar-refractivity contribution in [3.63, 3.8) is 0 Å². The third kappa shape index (κ3) is 3.94. The van der Waals surface area contributed by atoms with Crippen molar-refractivity contribution in [3.05, 3.63) is 96.1 Å². The van der Waals surface area contributed by atoms with Crippen LogP contribution in [0.3, 0.4) is 0 Å². The predicted molar refractivity (Wildman–Crippen MR) is 112 cm³/mol. The summed E-state index contributed by atoms with van der Waals surface area (Å²) in [6, 6.07) is 30.5. The minimum absolute atomic E-state index is 0.157. The summed E-state index contributed by atoms with van der Waals surface area (Å²) in [5.41, 5.74) is 5.15. The van der Waals surface area contributed by atoms with Crippen molar-refractivity contribution in [3.8, 4) is 11.1 Å². The first-order valence-corrected chi connectivity index (χ1v) is 9.91. The van der Waals surface area contributed by atoms with Crippen molar-refractivity contribution >= 4 is 22.6 Å². The summed E-state index contributed by atoms with van der Waals surface area (Å²) in [6.07, 6.45) is 1.24. The lowest BCUT2D eigenvalue weighted by molar-refractivity contribution is 0.299. The Morgan fingerprint density at radius 2 is 1.32 bits per heavy atom. The van der Waals surface area contributed by atoms with Gasteiger partial charge in [-0.2, -0.15) is 0 Å². The van der Waals surface area contributed by atoms with E-state index in [2.05, 4.69) is 118 Å². The van der Waals surface area contributed by atoms with Crippen molar-refractivity contribution in [1.29, 1.82) is 0 Å². The lowest BCUT2D eigenvalue weighted by Gasteiger charge is -2.36. The molecule has 25 heavy (non-hydrogen) atoms. The van der Waals surface area contributed by atoms with E-state index in [0.717, 1.165) is 6.42 Å². The van der Waals surface area contributed by atoms with Gasteiger partial charge in [0.25, 0.3) is 0 Å². The second kappa shape index (κ2) is 7.68. The van der Waals surface area contributed by atoms with Crippen LogP contribution in [-0.4, -0.2) is 4.05 Å².